The molecule has 0 aromatic carbocycles. The van der Waals surface area contributed by atoms with Gasteiger partial charge in [0, 0.05) is 18.1 Å². The van der Waals surface area contributed by atoms with Crippen molar-refractivity contribution in [2.75, 3.05) is 19.6 Å². The maximum Gasteiger partial charge on any atom is 0.0198 e. The van der Waals surface area contributed by atoms with Gasteiger partial charge in [-0.1, -0.05) is 62.8 Å². The van der Waals surface area contributed by atoms with E-state index in [1.165, 1.54) is 58.0 Å². The maximum absolute atomic E-state index is 6.16. The molecule has 0 bridgehead atoms. The molecule has 0 radical (unpaired) electrons. The molecule has 2 aliphatic rings. The van der Waals surface area contributed by atoms with E-state index in [0.29, 0.717) is 5.92 Å². The Kier molecular flexibility index (Phi) is 7.33. The van der Waals surface area contributed by atoms with Crippen LogP contribution in [0.25, 0.3) is 0 Å². The minimum Gasteiger partial charge on any atom is -0.299 e. The normalized spacial score (nSPS) is 24.1. The van der Waals surface area contributed by atoms with Crippen molar-refractivity contribution >= 4 is 11.6 Å². The molecule has 0 heterocycles. The van der Waals surface area contributed by atoms with E-state index in [0.717, 1.165) is 23.9 Å². The third-order valence-corrected chi connectivity index (χ3v) is 5.37. The van der Waals surface area contributed by atoms with Gasteiger partial charge >= 0.3 is 0 Å². The van der Waals surface area contributed by atoms with Crippen LogP contribution in [0.15, 0.2) is 22.8 Å². The Bertz CT molecular complexity index is 366. The van der Waals surface area contributed by atoms with Gasteiger partial charge in [0.2, 0.25) is 0 Å². The van der Waals surface area contributed by atoms with Crippen LogP contribution in [0.5, 0.6) is 0 Å². The maximum atomic E-state index is 6.16. The molecule has 0 saturated heterocycles. The monoisotopic (exact) mass is 309 g/mol. The molecule has 2 aliphatic carbocycles. The zero-order chi connectivity index (χ0) is 15.1. The summed E-state index contributed by atoms with van der Waals surface area (Å²) in [5.74, 6) is 1.55. The molecule has 1 nitrogen and oxygen atoms in total. The van der Waals surface area contributed by atoms with Gasteiger partial charge in [-0.3, -0.25) is 4.90 Å². The molecule has 0 aliphatic heterocycles. The molecule has 2 heteroatoms. The van der Waals surface area contributed by atoms with Crippen LogP contribution in [0, 0.1) is 11.8 Å². The van der Waals surface area contributed by atoms with E-state index in [1.807, 2.05) is 0 Å². The van der Waals surface area contributed by atoms with Crippen molar-refractivity contribution in [1.82, 2.24) is 4.90 Å². The molecule has 1 atom stereocenters. The molecule has 1 unspecified atom stereocenters. The van der Waals surface area contributed by atoms with Crippen LogP contribution < -0.4 is 0 Å². The Morgan fingerprint density at radius 2 is 1.95 bits per heavy atom. The third-order valence-electron chi connectivity index (χ3n) is 5.09. The lowest BCUT2D eigenvalue weighted by atomic mass is 9.88. The van der Waals surface area contributed by atoms with E-state index in [4.69, 9.17) is 11.6 Å². The third kappa shape index (κ3) is 5.79. The number of nitrogens with zero attached hydrogens (tertiary/aromatic N) is 1. The Hall–Kier alpha value is -0.270. The van der Waals surface area contributed by atoms with Gasteiger partial charge in [0.15, 0.2) is 0 Å². The quantitative estimate of drug-likeness (QED) is 0.578. The number of hydrogen-bond acceptors (Lipinski definition) is 1. The standard InChI is InChI=1S/C19H32ClN/c1-3-4-12-21(14-17-8-6-5-7-9-17)15-18-10-11-19(20)13-16(18)2/h10-11,16-17H,3-9,12-15H2,1-2H3. The van der Waals surface area contributed by atoms with E-state index >= 15 is 0 Å². The van der Waals surface area contributed by atoms with Crippen molar-refractivity contribution in [2.24, 2.45) is 11.8 Å². The second-order valence-corrected chi connectivity index (χ2v) is 7.54. The molecule has 1 fully saturated rings. The molecule has 0 N–H and O–H groups in total. The summed E-state index contributed by atoms with van der Waals surface area (Å²) in [5, 5.41) is 1.01. The van der Waals surface area contributed by atoms with Crippen molar-refractivity contribution in [3.05, 3.63) is 22.8 Å². The highest BCUT2D eigenvalue weighted by molar-refractivity contribution is 6.29. The molecule has 0 spiro atoms. The average Bonchev–Trinajstić information content (AvgIpc) is 2.48. The predicted molar refractivity (Wildman–Crippen MR) is 93.7 cm³/mol. The number of allylic oxidation sites excluding steroid dienone is 3. The highest BCUT2D eigenvalue weighted by Crippen LogP contribution is 2.29. The number of halogens is 1. The first-order chi connectivity index (χ1) is 10.2. The molecular weight excluding hydrogens is 278 g/mol. The van der Waals surface area contributed by atoms with E-state index in [1.54, 1.807) is 5.57 Å². The lowest BCUT2D eigenvalue weighted by Gasteiger charge is -2.32. The van der Waals surface area contributed by atoms with Crippen LogP contribution in [0.4, 0.5) is 0 Å². The second-order valence-electron chi connectivity index (χ2n) is 7.05. The summed E-state index contributed by atoms with van der Waals surface area (Å²) in [6.45, 7) is 8.33. The van der Waals surface area contributed by atoms with Gasteiger partial charge in [0.05, 0.1) is 0 Å². The minimum atomic E-state index is 0.609. The van der Waals surface area contributed by atoms with E-state index in [-0.39, 0.29) is 0 Å². The zero-order valence-corrected chi connectivity index (χ0v) is 14.7. The smallest absolute Gasteiger partial charge is 0.0198 e. The van der Waals surface area contributed by atoms with Gasteiger partial charge in [-0.15, -0.1) is 0 Å². The Morgan fingerprint density at radius 3 is 2.62 bits per heavy atom. The molecule has 120 valence electrons. The second kappa shape index (κ2) is 9.00. The van der Waals surface area contributed by atoms with Crippen molar-refractivity contribution in [2.45, 2.75) is 65.2 Å². The van der Waals surface area contributed by atoms with Gasteiger partial charge in [0.1, 0.15) is 0 Å². The SMILES string of the molecule is CCCCN(CC1=CC=C(Cl)CC1C)CC1CCCCC1. The number of unbranched alkanes of at least 4 members (excludes halogenated alkanes) is 1. The molecule has 21 heavy (non-hydrogen) atoms. The lowest BCUT2D eigenvalue weighted by Crippen LogP contribution is -2.34. The topological polar surface area (TPSA) is 3.24 Å². The summed E-state index contributed by atoms with van der Waals surface area (Å²) < 4.78 is 0. The van der Waals surface area contributed by atoms with Crippen LogP contribution in [0.1, 0.15) is 65.2 Å². The van der Waals surface area contributed by atoms with Gasteiger partial charge in [-0.05, 0) is 50.1 Å². The Balaban J connectivity index is 1.91. The van der Waals surface area contributed by atoms with Crippen LogP contribution >= 0.6 is 11.6 Å². The first-order valence-electron chi connectivity index (χ1n) is 8.96. The van der Waals surface area contributed by atoms with Gasteiger partial charge < -0.3 is 0 Å². The van der Waals surface area contributed by atoms with E-state index < -0.39 is 0 Å². The summed E-state index contributed by atoms with van der Waals surface area (Å²) >= 11 is 6.16. The minimum absolute atomic E-state index is 0.609. The molecular formula is C19H32ClN. The van der Waals surface area contributed by atoms with Crippen LogP contribution in [-0.2, 0) is 0 Å². The predicted octanol–water partition coefficient (Wildman–Crippen LogP) is 5.76. The number of hydrogen-bond donors (Lipinski definition) is 0. The molecule has 0 aromatic rings. The summed E-state index contributed by atoms with van der Waals surface area (Å²) in [5.41, 5.74) is 1.58. The largest absolute Gasteiger partial charge is 0.299 e. The van der Waals surface area contributed by atoms with Crippen molar-refractivity contribution in [1.29, 1.82) is 0 Å². The van der Waals surface area contributed by atoms with Crippen molar-refractivity contribution in [3.63, 3.8) is 0 Å². The molecule has 2 rings (SSSR count). The molecule has 0 aromatic heterocycles. The first kappa shape index (κ1) is 17.1. The van der Waals surface area contributed by atoms with Crippen LogP contribution in [0.3, 0.4) is 0 Å². The summed E-state index contributed by atoms with van der Waals surface area (Å²) in [4.78, 5) is 2.72. The summed E-state index contributed by atoms with van der Waals surface area (Å²) in [7, 11) is 0. The number of rotatable bonds is 7. The Morgan fingerprint density at radius 1 is 1.19 bits per heavy atom. The van der Waals surface area contributed by atoms with Gasteiger partial charge in [-0.25, -0.2) is 0 Å². The molecule has 0 amide bonds. The fraction of sp³-hybridized carbons (Fsp3) is 0.789. The molecule has 1 saturated carbocycles. The van der Waals surface area contributed by atoms with Crippen LogP contribution in [0.2, 0.25) is 0 Å². The Labute approximate surface area is 136 Å². The van der Waals surface area contributed by atoms with Gasteiger partial charge in [0.25, 0.3) is 0 Å². The van der Waals surface area contributed by atoms with E-state index in [9.17, 15) is 0 Å². The van der Waals surface area contributed by atoms with E-state index in [2.05, 4.69) is 30.9 Å². The lowest BCUT2D eigenvalue weighted by molar-refractivity contribution is 0.207. The highest BCUT2D eigenvalue weighted by Gasteiger charge is 2.20. The van der Waals surface area contributed by atoms with Gasteiger partial charge in [-0.2, -0.15) is 0 Å². The fourth-order valence-electron chi connectivity index (χ4n) is 3.67. The fourth-order valence-corrected chi connectivity index (χ4v) is 3.97. The van der Waals surface area contributed by atoms with Crippen LogP contribution in [-0.4, -0.2) is 24.5 Å². The summed E-state index contributed by atoms with van der Waals surface area (Å²) in [6.07, 6.45) is 15.3. The zero-order valence-electron chi connectivity index (χ0n) is 13.9. The average molecular weight is 310 g/mol. The summed E-state index contributed by atoms with van der Waals surface area (Å²) in [6, 6.07) is 0. The van der Waals surface area contributed by atoms with Crippen molar-refractivity contribution in [3.8, 4) is 0 Å². The highest BCUT2D eigenvalue weighted by atomic mass is 35.5. The first-order valence-corrected chi connectivity index (χ1v) is 9.34. The van der Waals surface area contributed by atoms with Crippen molar-refractivity contribution < 1.29 is 0 Å².